The molecule has 0 bridgehead atoms. The van der Waals surface area contributed by atoms with Crippen LogP contribution in [0.15, 0.2) is 55.1 Å². The zero-order valence-corrected chi connectivity index (χ0v) is 16.5. The van der Waals surface area contributed by atoms with Crippen molar-refractivity contribution in [3.05, 3.63) is 65.2 Å². The van der Waals surface area contributed by atoms with Crippen molar-refractivity contribution in [2.24, 2.45) is 0 Å². The molecule has 10 heteroatoms. The number of nitrogens with one attached hydrogen (secondary N) is 2. The quantitative estimate of drug-likeness (QED) is 0.352. The van der Waals surface area contributed by atoms with E-state index in [1.54, 1.807) is 27.9 Å². The van der Waals surface area contributed by atoms with E-state index in [0.29, 0.717) is 10.0 Å². The van der Waals surface area contributed by atoms with Gasteiger partial charge in [0, 0.05) is 10.0 Å². The number of carbonyl (C=O) groups is 2. The molecule has 4 N–H and O–H groups in total. The minimum absolute atomic E-state index is 0.0321. The number of aromatic nitrogens is 2. The van der Waals surface area contributed by atoms with Crippen LogP contribution in [0.3, 0.4) is 0 Å². The lowest BCUT2D eigenvalue weighted by Crippen LogP contribution is -2.38. The summed E-state index contributed by atoms with van der Waals surface area (Å²) in [6.07, 6.45) is 4.83. The van der Waals surface area contributed by atoms with Crippen LogP contribution in [-0.4, -0.2) is 26.6 Å². The normalized spacial score (nSPS) is 10.6. The van der Waals surface area contributed by atoms with Crippen molar-refractivity contribution >= 4 is 46.4 Å². The van der Waals surface area contributed by atoms with Gasteiger partial charge in [-0.25, -0.2) is 9.13 Å². The van der Waals surface area contributed by atoms with E-state index in [1.807, 2.05) is 0 Å². The Kier molecular flexibility index (Phi) is 6.26. The first-order valence-electron chi connectivity index (χ1n) is 8.42. The first kappa shape index (κ1) is 20.5. The number of halogens is 2. The Hall–Kier alpha value is -3.23. The van der Waals surface area contributed by atoms with Crippen LogP contribution in [0.25, 0.3) is 0 Å². The van der Waals surface area contributed by atoms with Gasteiger partial charge in [0.05, 0.1) is 11.4 Å². The summed E-state index contributed by atoms with van der Waals surface area (Å²) < 4.78 is 3.14. The Morgan fingerprint density at radius 2 is 1.48 bits per heavy atom. The van der Waals surface area contributed by atoms with Crippen LogP contribution in [0, 0.1) is 0 Å². The molecule has 0 aliphatic heterocycles. The fourth-order valence-corrected chi connectivity index (χ4v) is 2.90. The Labute approximate surface area is 175 Å². The van der Waals surface area contributed by atoms with E-state index in [0.717, 1.165) is 0 Å². The number of amides is 2. The topological polar surface area (TPSA) is 107 Å². The highest BCUT2D eigenvalue weighted by molar-refractivity contribution is 6.31. The molecule has 3 rings (SSSR count). The van der Waals surface area contributed by atoms with Gasteiger partial charge in [-0.1, -0.05) is 23.2 Å². The van der Waals surface area contributed by atoms with Crippen molar-refractivity contribution in [3.8, 4) is 11.5 Å². The number of hydrogen-bond donors (Lipinski definition) is 4. The van der Waals surface area contributed by atoms with Gasteiger partial charge < -0.3 is 20.8 Å². The van der Waals surface area contributed by atoms with Gasteiger partial charge in [0.2, 0.25) is 6.33 Å². The Morgan fingerprint density at radius 3 is 2.07 bits per heavy atom. The number of nitrogens with zero attached hydrogens (tertiary/aromatic N) is 2. The molecule has 1 heterocycles. The number of rotatable bonds is 6. The molecule has 0 saturated carbocycles. The zero-order valence-electron chi connectivity index (χ0n) is 15.0. The van der Waals surface area contributed by atoms with E-state index in [4.69, 9.17) is 23.2 Å². The zero-order chi connectivity index (χ0) is 21.0. The minimum atomic E-state index is -0.376. The van der Waals surface area contributed by atoms with Crippen molar-refractivity contribution in [3.63, 3.8) is 0 Å². The van der Waals surface area contributed by atoms with E-state index in [2.05, 4.69) is 10.6 Å². The molecule has 2 aromatic carbocycles. The van der Waals surface area contributed by atoms with Crippen molar-refractivity contribution < 1.29 is 24.4 Å². The summed E-state index contributed by atoms with van der Waals surface area (Å²) >= 11 is 11.7. The molecule has 0 spiro atoms. The molecule has 150 valence electrons. The second-order valence-corrected chi connectivity index (χ2v) is 7.05. The summed E-state index contributed by atoms with van der Waals surface area (Å²) in [6, 6.07) is 8.68. The van der Waals surface area contributed by atoms with Crippen LogP contribution in [0.2, 0.25) is 10.0 Å². The Morgan fingerprint density at radius 1 is 0.931 bits per heavy atom. The molecule has 0 saturated heterocycles. The molecule has 0 unspecified atom stereocenters. The summed E-state index contributed by atoms with van der Waals surface area (Å²) in [5.74, 6) is -0.935. The third kappa shape index (κ3) is 5.63. The maximum atomic E-state index is 12.2. The molecule has 0 radical (unpaired) electrons. The Balaban J connectivity index is 1.57. The first-order valence-corrected chi connectivity index (χ1v) is 9.17. The monoisotopic (exact) mass is 435 g/mol. The van der Waals surface area contributed by atoms with Crippen LogP contribution >= 0.6 is 23.2 Å². The van der Waals surface area contributed by atoms with E-state index in [9.17, 15) is 19.8 Å². The van der Waals surface area contributed by atoms with Crippen molar-refractivity contribution in [2.45, 2.75) is 13.1 Å². The number of phenols is 2. The van der Waals surface area contributed by atoms with Crippen molar-refractivity contribution in [2.75, 3.05) is 10.6 Å². The number of phenolic OH excluding ortho intramolecular Hbond substituents is 2. The average Bonchev–Trinajstić information content (AvgIpc) is 3.07. The lowest BCUT2D eigenvalue weighted by atomic mass is 10.3. The van der Waals surface area contributed by atoms with Crippen LogP contribution in [-0.2, 0) is 22.7 Å². The van der Waals surface area contributed by atoms with Crippen LogP contribution in [0.1, 0.15) is 0 Å². The van der Waals surface area contributed by atoms with Crippen molar-refractivity contribution in [1.82, 2.24) is 4.57 Å². The summed E-state index contributed by atoms with van der Waals surface area (Å²) in [5.41, 5.74) is 0.423. The first-order chi connectivity index (χ1) is 13.8. The molecule has 0 aliphatic carbocycles. The van der Waals surface area contributed by atoms with Gasteiger partial charge in [-0.15, -0.1) is 0 Å². The van der Waals surface area contributed by atoms with Gasteiger partial charge in [-0.2, -0.15) is 0 Å². The third-order valence-electron chi connectivity index (χ3n) is 3.86. The molecule has 0 aliphatic rings. The molecule has 3 aromatic rings. The number of aromatic hydroxyl groups is 2. The maximum absolute atomic E-state index is 12.2. The number of hydrogen-bond acceptors (Lipinski definition) is 4. The summed E-state index contributed by atoms with van der Waals surface area (Å²) in [6.45, 7) is -0.0642. The largest absolute Gasteiger partial charge is 0.506 e. The number of carbonyl (C=O) groups excluding carboxylic acids is 2. The predicted octanol–water partition coefficient (Wildman–Crippen LogP) is 2.77. The second kappa shape index (κ2) is 8.85. The lowest BCUT2D eigenvalue weighted by molar-refractivity contribution is -0.683. The molecule has 2 amide bonds. The van der Waals surface area contributed by atoms with Gasteiger partial charge in [0.1, 0.15) is 23.9 Å². The molecule has 1 aromatic heterocycles. The number of benzene rings is 2. The Bertz CT molecular complexity index is 986. The average molecular weight is 436 g/mol. The van der Waals surface area contributed by atoms with E-state index in [-0.39, 0.29) is 47.8 Å². The van der Waals surface area contributed by atoms with Gasteiger partial charge in [0.15, 0.2) is 13.1 Å². The third-order valence-corrected chi connectivity index (χ3v) is 4.33. The molecule has 29 heavy (non-hydrogen) atoms. The van der Waals surface area contributed by atoms with Gasteiger partial charge in [-0.3, -0.25) is 9.59 Å². The van der Waals surface area contributed by atoms with Gasteiger partial charge >= 0.3 is 0 Å². The van der Waals surface area contributed by atoms with Gasteiger partial charge in [0.25, 0.3) is 11.8 Å². The molecule has 8 nitrogen and oxygen atoms in total. The maximum Gasteiger partial charge on any atom is 0.266 e. The molecule has 0 atom stereocenters. The molecular formula is C19H17Cl2N4O4+. The standard InChI is InChI=1S/C19H16Cl2N4O4/c20-12-1-3-16(26)14(7-12)22-18(28)9-24-5-6-25(11-24)10-19(29)23-15-8-13(21)2-4-17(15)27/h1-8,11H,9-10H2,(H3-,22,23,26,27,28,29)/p+1. The number of imidazole rings is 1. The summed E-state index contributed by atoms with van der Waals surface area (Å²) in [4.78, 5) is 24.3. The van der Waals surface area contributed by atoms with E-state index < -0.39 is 0 Å². The molecule has 0 fully saturated rings. The molecular weight excluding hydrogens is 419 g/mol. The van der Waals surface area contributed by atoms with E-state index in [1.165, 1.54) is 36.4 Å². The smallest absolute Gasteiger partial charge is 0.266 e. The van der Waals surface area contributed by atoms with Crippen LogP contribution in [0.5, 0.6) is 11.5 Å². The fraction of sp³-hybridized carbons (Fsp3) is 0.105. The van der Waals surface area contributed by atoms with Crippen LogP contribution in [0.4, 0.5) is 11.4 Å². The van der Waals surface area contributed by atoms with E-state index >= 15 is 0 Å². The second-order valence-electron chi connectivity index (χ2n) is 6.18. The fourth-order valence-electron chi connectivity index (χ4n) is 2.55. The highest BCUT2D eigenvalue weighted by Gasteiger charge is 2.14. The SMILES string of the molecule is O=C(Cn1cc[n+](CC(=O)Nc2cc(Cl)ccc2O)c1)Nc1cc(Cl)ccc1O. The predicted molar refractivity (Wildman–Crippen MR) is 108 cm³/mol. The highest BCUT2D eigenvalue weighted by atomic mass is 35.5. The summed E-state index contributed by atoms with van der Waals surface area (Å²) in [7, 11) is 0. The van der Waals surface area contributed by atoms with Crippen LogP contribution < -0.4 is 15.2 Å². The minimum Gasteiger partial charge on any atom is -0.506 e. The van der Waals surface area contributed by atoms with Crippen molar-refractivity contribution in [1.29, 1.82) is 0 Å². The number of anilines is 2. The highest BCUT2D eigenvalue weighted by Crippen LogP contribution is 2.27. The summed E-state index contributed by atoms with van der Waals surface area (Å²) in [5, 5.41) is 25.4. The van der Waals surface area contributed by atoms with Gasteiger partial charge in [-0.05, 0) is 36.4 Å². The lowest BCUT2D eigenvalue weighted by Gasteiger charge is -2.07.